The molecule has 1 aromatic carbocycles. The highest BCUT2D eigenvalue weighted by Crippen LogP contribution is 2.24. The summed E-state index contributed by atoms with van der Waals surface area (Å²) in [5, 5.41) is 2.98. The van der Waals surface area contributed by atoms with Gasteiger partial charge in [0.25, 0.3) is 0 Å². The minimum atomic E-state index is -0.562. The first-order valence-corrected chi connectivity index (χ1v) is 8.06. The summed E-state index contributed by atoms with van der Waals surface area (Å²) in [7, 11) is 0. The van der Waals surface area contributed by atoms with Crippen molar-refractivity contribution in [1.29, 1.82) is 0 Å². The van der Waals surface area contributed by atoms with Crippen molar-refractivity contribution in [3.05, 3.63) is 29.3 Å². The predicted molar refractivity (Wildman–Crippen MR) is 90.5 cm³/mol. The summed E-state index contributed by atoms with van der Waals surface area (Å²) in [6.07, 6.45) is 1.05. The number of hydrogen-bond donors (Lipinski definition) is 1. The number of anilines is 1. The fraction of sp³-hybridized carbons (Fsp3) is 0.556. The van der Waals surface area contributed by atoms with Crippen molar-refractivity contribution < 1.29 is 14.3 Å². The van der Waals surface area contributed by atoms with Gasteiger partial charge in [0.15, 0.2) is 0 Å². The van der Waals surface area contributed by atoms with Gasteiger partial charge < -0.3 is 10.1 Å². The van der Waals surface area contributed by atoms with Gasteiger partial charge >= 0.3 is 6.09 Å². The van der Waals surface area contributed by atoms with E-state index in [0.29, 0.717) is 13.0 Å². The van der Waals surface area contributed by atoms with Crippen molar-refractivity contribution in [2.24, 2.45) is 0 Å². The summed E-state index contributed by atoms with van der Waals surface area (Å²) in [4.78, 5) is 26.5. The molecule has 1 atom stereocenters. The quantitative estimate of drug-likeness (QED) is 0.905. The van der Waals surface area contributed by atoms with E-state index in [9.17, 15) is 9.59 Å². The van der Waals surface area contributed by atoms with E-state index < -0.39 is 17.7 Å². The molecule has 23 heavy (non-hydrogen) atoms. The first-order valence-electron chi connectivity index (χ1n) is 8.06. The monoisotopic (exact) mass is 318 g/mol. The van der Waals surface area contributed by atoms with E-state index >= 15 is 0 Å². The van der Waals surface area contributed by atoms with Gasteiger partial charge in [-0.2, -0.15) is 0 Å². The van der Waals surface area contributed by atoms with Crippen molar-refractivity contribution in [2.45, 2.75) is 59.1 Å². The van der Waals surface area contributed by atoms with Crippen LogP contribution in [0.2, 0.25) is 0 Å². The Bertz CT molecular complexity index is 585. The molecule has 0 saturated carbocycles. The van der Waals surface area contributed by atoms with Crippen LogP contribution >= 0.6 is 0 Å². The molecule has 2 rings (SSSR count). The van der Waals surface area contributed by atoms with Crippen LogP contribution in [0.5, 0.6) is 0 Å². The SMILES string of the molecule is Cc1cccc(C)c1NC(=O)[C@@H]1CCCN1C(=O)OC(C)(C)C. The lowest BCUT2D eigenvalue weighted by atomic mass is 10.1. The third kappa shape index (κ3) is 4.24. The highest BCUT2D eigenvalue weighted by molar-refractivity contribution is 5.98. The second-order valence-electron chi connectivity index (χ2n) is 7.09. The van der Waals surface area contributed by atoms with Crippen LogP contribution in [0.25, 0.3) is 0 Å². The molecule has 1 aliphatic rings. The molecule has 5 heteroatoms. The van der Waals surface area contributed by atoms with E-state index in [4.69, 9.17) is 4.74 Å². The number of nitrogens with one attached hydrogen (secondary N) is 1. The van der Waals surface area contributed by atoms with Gasteiger partial charge in [0.05, 0.1) is 0 Å². The molecule has 1 heterocycles. The van der Waals surface area contributed by atoms with Crippen LogP contribution in [0.4, 0.5) is 10.5 Å². The van der Waals surface area contributed by atoms with Crippen LogP contribution in [0.1, 0.15) is 44.7 Å². The maximum Gasteiger partial charge on any atom is 0.410 e. The largest absolute Gasteiger partial charge is 0.444 e. The Hall–Kier alpha value is -2.04. The molecule has 1 aliphatic heterocycles. The number of likely N-dealkylation sites (tertiary alicyclic amines) is 1. The van der Waals surface area contributed by atoms with E-state index in [-0.39, 0.29) is 5.91 Å². The summed E-state index contributed by atoms with van der Waals surface area (Å²) < 4.78 is 5.41. The maximum absolute atomic E-state index is 12.6. The number of carbonyl (C=O) groups excluding carboxylic acids is 2. The molecule has 1 fully saturated rings. The smallest absolute Gasteiger partial charge is 0.410 e. The fourth-order valence-corrected chi connectivity index (χ4v) is 2.80. The fourth-order valence-electron chi connectivity index (χ4n) is 2.80. The van der Waals surface area contributed by atoms with Crippen molar-refractivity contribution in [1.82, 2.24) is 4.90 Å². The molecular formula is C18H26N2O3. The zero-order valence-electron chi connectivity index (χ0n) is 14.6. The third-order valence-corrected chi connectivity index (χ3v) is 3.91. The van der Waals surface area contributed by atoms with Crippen LogP contribution in [-0.4, -0.2) is 35.1 Å². The molecule has 5 nitrogen and oxygen atoms in total. The Morgan fingerprint density at radius 3 is 2.39 bits per heavy atom. The lowest BCUT2D eigenvalue weighted by Gasteiger charge is -2.28. The first kappa shape index (κ1) is 17.3. The predicted octanol–water partition coefficient (Wildman–Crippen LogP) is 3.64. The standard InChI is InChI=1S/C18H26N2O3/c1-12-8-6-9-13(2)15(12)19-16(21)14-10-7-11-20(14)17(22)23-18(3,4)5/h6,8-9,14H,7,10-11H2,1-5H3,(H,19,21)/t14-/m0/s1. The van der Waals surface area contributed by atoms with E-state index in [1.807, 2.05) is 52.8 Å². The van der Waals surface area contributed by atoms with Crippen LogP contribution in [0.15, 0.2) is 18.2 Å². The highest BCUT2D eigenvalue weighted by Gasteiger charge is 2.36. The summed E-state index contributed by atoms with van der Waals surface area (Å²) in [6.45, 7) is 9.96. The van der Waals surface area contributed by atoms with Gasteiger partial charge in [-0.25, -0.2) is 4.79 Å². The van der Waals surface area contributed by atoms with E-state index in [2.05, 4.69) is 5.32 Å². The van der Waals surface area contributed by atoms with Crippen LogP contribution < -0.4 is 5.32 Å². The van der Waals surface area contributed by atoms with Gasteiger partial charge in [0, 0.05) is 12.2 Å². The zero-order valence-corrected chi connectivity index (χ0v) is 14.6. The lowest BCUT2D eigenvalue weighted by Crippen LogP contribution is -2.45. The Morgan fingerprint density at radius 1 is 1.22 bits per heavy atom. The summed E-state index contributed by atoms with van der Waals surface area (Å²) >= 11 is 0. The molecule has 1 N–H and O–H groups in total. The maximum atomic E-state index is 12.6. The Morgan fingerprint density at radius 2 is 1.83 bits per heavy atom. The molecule has 0 bridgehead atoms. The third-order valence-electron chi connectivity index (χ3n) is 3.91. The lowest BCUT2D eigenvalue weighted by molar-refractivity contribution is -0.120. The number of para-hydroxylation sites is 1. The van der Waals surface area contributed by atoms with Gasteiger partial charge in [-0.1, -0.05) is 18.2 Å². The van der Waals surface area contributed by atoms with Crippen molar-refractivity contribution in [3.8, 4) is 0 Å². The molecule has 2 amide bonds. The molecule has 0 spiro atoms. The summed E-state index contributed by atoms with van der Waals surface area (Å²) in [6, 6.07) is 5.41. The van der Waals surface area contributed by atoms with Gasteiger partial charge in [-0.05, 0) is 58.6 Å². The molecule has 0 aliphatic carbocycles. The Balaban J connectivity index is 2.10. The second kappa shape index (κ2) is 6.60. The van der Waals surface area contributed by atoms with E-state index in [0.717, 1.165) is 23.2 Å². The number of rotatable bonds is 2. The molecule has 126 valence electrons. The van der Waals surface area contributed by atoms with Crippen molar-refractivity contribution >= 4 is 17.7 Å². The number of aryl methyl sites for hydroxylation is 2. The normalized spacial score (nSPS) is 18.0. The molecule has 1 saturated heterocycles. The number of carbonyl (C=O) groups is 2. The van der Waals surface area contributed by atoms with Crippen molar-refractivity contribution in [2.75, 3.05) is 11.9 Å². The first-order chi connectivity index (χ1) is 10.7. The second-order valence-corrected chi connectivity index (χ2v) is 7.09. The highest BCUT2D eigenvalue weighted by atomic mass is 16.6. The average molecular weight is 318 g/mol. The minimum Gasteiger partial charge on any atom is -0.444 e. The van der Waals surface area contributed by atoms with Crippen LogP contribution in [0.3, 0.4) is 0 Å². The van der Waals surface area contributed by atoms with Gasteiger partial charge in [-0.15, -0.1) is 0 Å². The minimum absolute atomic E-state index is 0.147. The van der Waals surface area contributed by atoms with Gasteiger partial charge in [-0.3, -0.25) is 9.69 Å². The average Bonchev–Trinajstić information content (AvgIpc) is 2.90. The van der Waals surface area contributed by atoms with Gasteiger partial charge in [0.2, 0.25) is 5.91 Å². The number of ether oxygens (including phenoxy) is 1. The van der Waals surface area contributed by atoms with E-state index in [1.54, 1.807) is 0 Å². The zero-order chi connectivity index (χ0) is 17.2. The number of benzene rings is 1. The molecular weight excluding hydrogens is 292 g/mol. The molecule has 0 unspecified atom stereocenters. The number of amides is 2. The molecule has 0 radical (unpaired) electrons. The Kier molecular flexibility index (Phi) is 4.97. The van der Waals surface area contributed by atoms with Crippen molar-refractivity contribution in [3.63, 3.8) is 0 Å². The summed E-state index contributed by atoms with van der Waals surface area (Å²) in [5.74, 6) is -0.147. The number of nitrogens with zero attached hydrogens (tertiary/aromatic N) is 1. The molecule has 0 aromatic heterocycles. The number of hydrogen-bond acceptors (Lipinski definition) is 3. The molecule has 1 aromatic rings. The van der Waals surface area contributed by atoms with Gasteiger partial charge in [0.1, 0.15) is 11.6 Å². The van der Waals surface area contributed by atoms with Crippen LogP contribution in [0, 0.1) is 13.8 Å². The summed E-state index contributed by atoms with van der Waals surface area (Å²) in [5.41, 5.74) is 2.29. The Labute approximate surface area is 138 Å². The topological polar surface area (TPSA) is 58.6 Å². The van der Waals surface area contributed by atoms with Crippen LogP contribution in [-0.2, 0) is 9.53 Å². The van der Waals surface area contributed by atoms with E-state index in [1.165, 1.54) is 4.90 Å².